The third-order valence-electron chi connectivity index (χ3n) is 4.13. The van der Waals surface area contributed by atoms with E-state index < -0.39 is 5.54 Å². The van der Waals surface area contributed by atoms with Gasteiger partial charge in [-0.3, -0.25) is 0 Å². The topological polar surface area (TPSA) is 72.7 Å². The van der Waals surface area contributed by atoms with Crippen LogP contribution in [-0.2, 0) is 0 Å². The lowest BCUT2D eigenvalue weighted by atomic mass is 9.97. The van der Waals surface area contributed by atoms with Gasteiger partial charge in [-0.15, -0.1) is 0 Å². The minimum absolute atomic E-state index is 0.0331. The fourth-order valence-electron chi connectivity index (χ4n) is 3.04. The average Bonchev–Trinajstić information content (AvgIpc) is 2.71. The standard InChI is InChI=1S/C15H23NO3/c1-9-4-5-12(19)14-11(6-10(2)13(9)14)16-15(3,7-17)8-18/h4-5,10-11,16-19H,6-8H2,1-3H3. The molecular formula is C15H23NO3. The van der Waals surface area contributed by atoms with Gasteiger partial charge in [0.2, 0.25) is 0 Å². The fraction of sp³-hybridized carbons (Fsp3) is 0.600. The molecule has 0 spiro atoms. The van der Waals surface area contributed by atoms with E-state index >= 15 is 0 Å². The first-order valence-corrected chi connectivity index (χ1v) is 6.73. The van der Waals surface area contributed by atoms with Crippen LogP contribution in [0.2, 0.25) is 0 Å². The summed E-state index contributed by atoms with van der Waals surface area (Å²) in [5, 5.41) is 32.2. The van der Waals surface area contributed by atoms with Crippen molar-refractivity contribution in [1.29, 1.82) is 0 Å². The van der Waals surface area contributed by atoms with Crippen LogP contribution in [0.25, 0.3) is 0 Å². The molecule has 0 aromatic heterocycles. The lowest BCUT2D eigenvalue weighted by Crippen LogP contribution is -2.50. The van der Waals surface area contributed by atoms with Gasteiger partial charge in [-0.25, -0.2) is 0 Å². The quantitative estimate of drug-likeness (QED) is 0.667. The van der Waals surface area contributed by atoms with Crippen molar-refractivity contribution in [3.8, 4) is 5.75 Å². The zero-order chi connectivity index (χ0) is 14.2. The summed E-state index contributed by atoms with van der Waals surface area (Å²) in [4.78, 5) is 0. The van der Waals surface area contributed by atoms with Crippen LogP contribution in [0.15, 0.2) is 12.1 Å². The van der Waals surface area contributed by atoms with Gasteiger partial charge in [0.05, 0.1) is 18.8 Å². The molecule has 1 aromatic rings. The molecular weight excluding hydrogens is 242 g/mol. The highest BCUT2D eigenvalue weighted by Crippen LogP contribution is 2.46. The number of hydrogen-bond donors (Lipinski definition) is 4. The molecule has 0 saturated heterocycles. The highest BCUT2D eigenvalue weighted by atomic mass is 16.3. The smallest absolute Gasteiger partial charge is 0.120 e. The van der Waals surface area contributed by atoms with Gasteiger partial charge in [0, 0.05) is 11.6 Å². The van der Waals surface area contributed by atoms with E-state index in [0.29, 0.717) is 11.7 Å². The van der Waals surface area contributed by atoms with Gasteiger partial charge >= 0.3 is 0 Å². The SMILES string of the molecule is Cc1ccc(O)c2c1C(C)CC2NC(C)(CO)CO. The Morgan fingerprint density at radius 1 is 1.26 bits per heavy atom. The second-order valence-electron chi connectivity index (χ2n) is 5.94. The fourth-order valence-corrected chi connectivity index (χ4v) is 3.04. The number of aliphatic hydroxyl groups is 2. The molecule has 4 N–H and O–H groups in total. The number of fused-ring (bicyclic) bond motifs is 1. The van der Waals surface area contributed by atoms with Crippen LogP contribution in [0, 0.1) is 6.92 Å². The van der Waals surface area contributed by atoms with Gasteiger partial charge in [0.15, 0.2) is 0 Å². The maximum Gasteiger partial charge on any atom is 0.120 e. The Balaban J connectivity index is 2.37. The normalized spacial score (nSPS) is 22.6. The molecule has 4 heteroatoms. The largest absolute Gasteiger partial charge is 0.508 e. The maximum absolute atomic E-state index is 10.1. The van der Waals surface area contributed by atoms with Crippen molar-refractivity contribution < 1.29 is 15.3 Å². The maximum atomic E-state index is 10.1. The van der Waals surface area contributed by atoms with Gasteiger partial charge in [-0.1, -0.05) is 13.0 Å². The number of hydrogen-bond acceptors (Lipinski definition) is 4. The van der Waals surface area contributed by atoms with Crippen molar-refractivity contribution in [2.75, 3.05) is 13.2 Å². The molecule has 0 saturated carbocycles. The number of aliphatic hydroxyl groups excluding tert-OH is 2. The van der Waals surface area contributed by atoms with E-state index in [1.54, 1.807) is 13.0 Å². The zero-order valence-corrected chi connectivity index (χ0v) is 11.8. The second kappa shape index (κ2) is 5.12. The lowest BCUT2D eigenvalue weighted by molar-refractivity contribution is 0.0931. The molecule has 0 heterocycles. The molecule has 2 rings (SSSR count). The van der Waals surface area contributed by atoms with Crippen molar-refractivity contribution in [3.05, 3.63) is 28.8 Å². The molecule has 1 aliphatic rings. The summed E-state index contributed by atoms with van der Waals surface area (Å²) in [5.41, 5.74) is 2.55. The molecule has 19 heavy (non-hydrogen) atoms. The average molecular weight is 265 g/mol. The minimum Gasteiger partial charge on any atom is -0.508 e. The zero-order valence-electron chi connectivity index (χ0n) is 11.8. The van der Waals surface area contributed by atoms with Crippen LogP contribution in [-0.4, -0.2) is 34.1 Å². The molecule has 2 atom stereocenters. The van der Waals surface area contributed by atoms with Crippen LogP contribution < -0.4 is 5.32 Å². The monoisotopic (exact) mass is 265 g/mol. The summed E-state index contributed by atoms with van der Waals surface area (Å²) >= 11 is 0. The number of rotatable bonds is 4. The molecule has 0 amide bonds. The summed E-state index contributed by atoms with van der Waals surface area (Å²) in [7, 11) is 0. The van der Waals surface area contributed by atoms with Crippen molar-refractivity contribution in [1.82, 2.24) is 5.32 Å². The Morgan fingerprint density at radius 2 is 1.89 bits per heavy atom. The first-order valence-electron chi connectivity index (χ1n) is 6.73. The van der Waals surface area contributed by atoms with Gasteiger partial charge < -0.3 is 20.6 Å². The van der Waals surface area contributed by atoms with E-state index in [2.05, 4.69) is 19.2 Å². The Labute approximate surface area is 114 Å². The van der Waals surface area contributed by atoms with Gasteiger partial charge in [0.1, 0.15) is 5.75 Å². The first kappa shape index (κ1) is 14.3. The lowest BCUT2D eigenvalue weighted by Gasteiger charge is -2.31. The third kappa shape index (κ3) is 2.48. The Kier molecular flexibility index (Phi) is 3.85. The molecule has 0 fully saturated rings. The number of aryl methyl sites for hydroxylation is 1. The molecule has 1 aliphatic carbocycles. The van der Waals surface area contributed by atoms with E-state index in [-0.39, 0.29) is 19.3 Å². The van der Waals surface area contributed by atoms with Crippen LogP contribution >= 0.6 is 0 Å². The van der Waals surface area contributed by atoms with Crippen LogP contribution in [0.4, 0.5) is 0 Å². The van der Waals surface area contributed by atoms with Crippen LogP contribution in [0.3, 0.4) is 0 Å². The number of benzene rings is 1. The Hall–Kier alpha value is -1.10. The molecule has 1 aromatic carbocycles. The van der Waals surface area contributed by atoms with Gasteiger partial charge in [0.25, 0.3) is 0 Å². The highest BCUT2D eigenvalue weighted by molar-refractivity contribution is 5.51. The summed E-state index contributed by atoms with van der Waals surface area (Å²) < 4.78 is 0. The van der Waals surface area contributed by atoms with E-state index in [1.807, 2.05) is 6.07 Å². The van der Waals surface area contributed by atoms with E-state index in [0.717, 1.165) is 12.0 Å². The Bertz CT molecular complexity index is 469. The van der Waals surface area contributed by atoms with Crippen LogP contribution in [0.5, 0.6) is 5.75 Å². The van der Waals surface area contributed by atoms with Crippen LogP contribution in [0.1, 0.15) is 48.9 Å². The summed E-state index contributed by atoms with van der Waals surface area (Å²) in [6.45, 7) is 5.69. The molecule has 4 nitrogen and oxygen atoms in total. The summed E-state index contributed by atoms with van der Waals surface area (Å²) in [5.74, 6) is 0.655. The van der Waals surface area contributed by atoms with E-state index in [4.69, 9.17) is 0 Å². The number of aromatic hydroxyl groups is 1. The van der Waals surface area contributed by atoms with Crippen molar-refractivity contribution in [2.45, 2.75) is 44.7 Å². The Morgan fingerprint density at radius 3 is 2.47 bits per heavy atom. The van der Waals surface area contributed by atoms with Crippen molar-refractivity contribution in [2.24, 2.45) is 0 Å². The molecule has 0 aliphatic heterocycles. The first-order chi connectivity index (χ1) is 8.91. The summed E-state index contributed by atoms with van der Waals surface area (Å²) in [6, 6.07) is 3.62. The number of phenolic OH excluding ortho intramolecular Hbond substituents is 1. The van der Waals surface area contributed by atoms with E-state index in [9.17, 15) is 15.3 Å². The molecule has 2 unspecified atom stereocenters. The summed E-state index contributed by atoms with van der Waals surface area (Å²) in [6.07, 6.45) is 0.864. The third-order valence-corrected chi connectivity index (χ3v) is 4.13. The van der Waals surface area contributed by atoms with Gasteiger partial charge in [-0.05, 0) is 43.4 Å². The second-order valence-corrected chi connectivity index (χ2v) is 5.94. The highest BCUT2D eigenvalue weighted by Gasteiger charge is 2.36. The number of phenols is 1. The van der Waals surface area contributed by atoms with Crippen molar-refractivity contribution >= 4 is 0 Å². The molecule has 106 valence electrons. The minimum atomic E-state index is -0.734. The van der Waals surface area contributed by atoms with Crippen molar-refractivity contribution in [3.63, 3.8) is 0 Å². The van der Waals surface area contributed by atoms with E-state index in [1.165, 1.54) is 11.1 Å². The molecule has 0 bridgehead atoms. The van der Waals surface area contributed by atoms with Gasteiger partial charge in [-0.2, -0.15) is 0 Å². The predicted molar refractivity (Wildman–Crippen MR) is 74.3 cm³/mol. The molecule has 0 radical (unpaired) electrons. The number of nitrogens with one attached hydrogen (secondary N) is 1. The predicted octanol–water partition coefficient (Wildman–Crippen LogP) is 1.58.